The molecule has 6 heteroatoms. The monoisotopic (exact) mass is 698 g/mol. The minimum atomic E-state index is -2.98. The predicted octanol–water partition coefficient (Wildman–Crippen LogP) is -1.00. The molecule has 1 aliphatic carbocycles. The number of halogens is 2. The molecule has 36 heavy (non-hydrogen) atoms. The van der Waals surface area contributed by atoms with Gasteiger partial charge in [0.05, 0.1) is 0 Å². The predicted molar refractivity (Wildman–Crippen MR) is 141 cm³/mol. The molecular formula is C30H30Cl2HfNOSi. The zero-order valence-corrected chi connectivity index (χ0v) is 27.0. The quantitative estimate of drug-likeness (QED) is 0.267. The first-order chi connectivity index (χ1) is 16.4. The van der Waals surface area contributed by atoms with Crippen LogP contribution in [0.2, 0.25) is 0 Å². The van der Waals surface area contributed by atoms with Crippen molar-refractivity contribution in [3.05, 3.63) is 120 Å². The average Bonchev–Trinajstić information content (AvgIpc) is 3.19. The van der Waals surface area contributed by atoms with E-state index in [0.29, 0.717) is 3.67 Å². The van der Waals surface area contributed by atoms with Crippen LogP contribution in [0.5, 0.6) is 0 Å². The van der Waals surface area contributed by atoms with Crippen LogP contribution in [0.15, 0.2) is 109 Å². The summed E-state index contributed by atoms with van der Waals surface area (Å²) in [4.78, 5) is 13.6. The van der Waals surface area contributed by atoms with Crippen molar-refractivity contribution in [3.63, 3.8) is 0 Å². The number of rotatable bonds is 5. The van der Waals surface area contributed by atoms with E-state index in [1.807, 2.05) is 20.8 Å². The Morgan fingerprint density at radius 3 is 1.47 bits per heavy atom. The van der Waals surface area contributed by atoms with Gasteiger partial charge in [0.25, 0.3) is 0 Å². The zero-order chi connectivity index (χ0) is 23.7. The fourth-order valence-electron chi connectivity index (χ4n) is 4.96. The molecule has 4 aromatic carbocycles. The van der Waals surface area contributed by atoms with Gasteiger partial charge in [-0.3, -0.25) is 0 Å². The summed E-state index contributed by atoms with van der Waals surface area (Å²) in [6.45, 7) is 6.09. The smallest absolute Gasteiger partial charge is 1.00 e. The Morgan fingerprint density at radius 1 is 0.667 bits per heavy atom. The molecule has 0 heterocycles. The first kappa shape index (κ1) is 28.6. The second kappa shape index (κ2) is 12.0. The molecular weight excluding hydrogens is 668 g/mol. The van der Waals surface area contributed by atoms with Gasteiger partial charge in [-0.2, -0.15) is 0 Å². The second-order valence-corrected chi connectivity index (χ2v) is 29.8. The molecule has 1 amide bonds. The molecule has 1 aliphatic rings. The van der Waals surface area contributed by atoms with Gasteiger partial charge in [-0.1, -0.05) is 0 Å². The fraction of sp³-hybridized carbons (Fsp3) is 0.167. The molecule has 0 bridgehead atoms. The van der Waals surface area contributed by atoms with Gasteiger partial charge >= 0.3 is 213 Å². The van der Waals surface area contributed by atoms with Crippen LogP contribution in [0.25, 0.3) is 11.1 Å². The van der Waals surface area contributed by atoms with Crippen LogP contribution in [0.3, 0.4) is 0 Å². The summed E-state index contributed by atoms with van der Waals surface area (Å²) in [6.07, 6.45) is 0. The molecule has 0 fully saturated rings. The maximum atomic E-state index is 13.6. The maximum Gasteiger partial charge on any atom is -1.00 e. The summed E-state index contributed by atoms with van der Waals surface area (Å²) in [7, 11) is 0. The van der Waals surface area contributed by atoms with Crippen LogP contribution in [0.1, 0.15) is 35.6 Å². The molecule has 0 saturated carbocycles. The van der Waals surface area contributed by atoms with Crippen molar-refractivity contribution in [1.29, 1.82) is 0 Å². The first-order valence-electron chi connectivity index (χ1n) is 11.9. The third-order valence-corrected chi connectivity index (χ3v) is 33.5. The summed E-state index contributed by atoms with van der Waals surface area (Å²) in [6, 6.07) is 39.7. The third-order valence-electron chi connectivity index (χ3n) is 6.66. The summed E-state index contributed by atoms with van der Waals surface area (Å²) in [5.74, 6) is -1.49. The van der Waals surface area contributed by atoms with Crippen molar-refractivity contribution < 1.29 is 50.5 Å². The standard InChI is InChI=1S/C13H9.C12H11Si.C5H11NO.2ClH.Hf/c1-3-7-12-10(5-1)9-11-6-2-4-8-13(11)12;1-3-7-11(8-4-1)13-12-9-5-2-6-10-12;1-5(2,3)4(6)7;;;/h1-9H;1-10,13H;1-3H3,(H2,6,7);2*1H;/q;;;;;+3/p-3. The SMILES string of the molecule is CC(C)(C)C(=O)[NH][Hf+2]([CH]1c2ccccc2-c2ccccc21)[SiH](c1ccccc1)c1ccccc1.[Cl-].[Cl-]. The molecule has 183 valence electrons. The van der Waals surface area contributed by atoms with Crippen molar-refractivity contribution >= 4 is 22.3 Å². The Kier molecular flexibility index (Phi) is 9.56. The van der Waals surface area contributed by atoms with E-state index in [2.05, 4.69) is 112 Å². The Balaban J connectivity index is 0.00000180. The first-order valence-corrected chi connectivity index (χ1v) is 23.7. The van der Waals surface area contributed by atoms with Gasteiger partial charge < -0.3 is 24.8 Å². The van der Waals surface area contributed by atoms with Gasteiger partial charge in [-0.15, -0.1) is 0 Å². The Hall–Kier alpha value is -1.98. The molecule has 0 unspecified atom stereocenters. The van der Waals surface area contributed by atoms with E-state index in [-0.39, 0.29) is 30.7 Å². The number of amides is 1. The van der Waals surface area contributed by atoms with Crippen molar-refractivity contribution in [3.8, 4) is 11.1 Å². The van der Waals surface area contributed by atoms with Crippen LogP contribution in [0, 0.1) is 5.41 Å². The maximum absolute atomic E-state index is 13.6. The molecule has 0 aliphatic heterocycles. The number of hydrogen-bond acceptors (Lipinski definition) is 1. The van der Waals surface area contributed by atoms with Crippen molar-refractivity contribution in [2.75, 3.05) is 0 Å². The summed E-state index contributed by atoms with van der Waals surface area (Å²) >= 11 is -2.98. The topological polar surface area (TPSA) is 29.1 Å². The van der Waals surface area contributed by atoms with Crippen LogP contribution in [-0.2, 0) is 25.7 Å². The van der Waals surface area contributed by atoms with Gasteiger partial charge in [0.1, 0.15) is 0 Å². The van der Waals surface area contributed by atoms with Gasteiger partial charge in [0.2, 0.25) is 0 Å². The number of carbonyl (C=O) groups is 1. The third kappa shape index (κ3) is 5.62. The Morgan fingerprint density at radius 2 is 1.06 bits per heavy atom. The zero-order valence-electron chi connectivity index (χ0n) is 20.7. The van der Waals surface area contributed by atoms with E-state index in [0.717, 1.165) is 0 Å². The van der Waals surface area contributed by atoms with Gasteiger partial charge in [-0.25, -0.2) is 0 Å². The van der Waals surface area contributed by atoms with E-state index >= 15 is 0 Å². The van der Waals surface area contributed by atoms with Crippen molar-refractivity contribution in [2.24, 2.45) is 5.41 Å². The van der Waals surface area contributed by atoms with E-state index < -0.39 is 32.3 Å². The molecule has 0 saturated heterocycles. The van der Waals surface area contributed by atoms with Gasteiger partial charge in [-0.05, 0) is 0 Å². The van der Waals surface area contributed by atoms with Crippen molar-refractivity contribution in [2.45, 2.75) is 24.4 Å². The minimum absolute atomic E-state index is 0. The number of benzene rings is 4. The molecule has 2 nitrogen and oxygen atoms in total. The van der Waals surface area contributed by atoms with E-state index in [9.17, 15) is 4.79 Å². The molecule has 0 aromatic heterocycles. The largest absolute Gasteiger partial charge is 1.00 e. The van der Waals surface area contributed by atoms with Crippen LogP contribution in [-0.4, -0.2) is 11.9 Å². The normalized spacial score (nSPS) is 12.1. The summed E-state index contributed by atoms with van der Waals surface area (Å²) < 4.78 is 4.13. The molecule has 0 atom stereocenters. The number of fused-ring (bicyclic) bond motifs is 3. The Bertz CT molecular complexity index is 1220. The minimum Gasteiger partial charge on any atom is -1.00 e. The number of carbonyl (C=O) groups excluding carboxylic acids is 1. The summed E-state index contributed by atoms with van der Waals surface area (Å²) in [5, 5.41) is 2.87. The van der Waals surface area contributed by atoms with Crippen molar-refractivity contribution in [1.82, 2.24) is 3.30 Å². The van der Waals surface area contributed by atoms with Crippen LogP contribution in [0.4, 0.5) is 0 Å². The molecule has 4 aromatic rings. The number of nitrogens with one attached hydrogen (secondary N) is 1. The summed E-state index contributed by atoms with van der Waals surface area (Å²) in [5.41, 5.74) is 5.07. The average molecular weight is 698 g/mol. The second-order valence-electron chi connectivity index (χ2n) is 10.0. The van der Waals surface area contributed by atoms with Crippen LogP contribution >= 0.6 is 0 Å². The van der Waals surface area contributed by atoms with Crippen LogP contribution < -0.4 is 38.5 Å². The van der Waals surface area contributed by atoms with Gasteiger partial charge in [0.15, 0.2) is 0 Å². The fourth-order valence-corrected chi connectivity index (χ4v) is 35.8. The molecule has 1 N–H and O–H groups in total. The molecule has 5 rings (SSSR count). The van der Waals surface area contributed by atoms with E-state index in [1.165, 1.54) is 32.6 Å². The van der Waals surface area contributed by atoms with E-state index in [1.54, 1.807) is 0 Å². The Labute approximate surface area is 235 Å². The molecule has 0 spiro atoms. The van der Waals surface area contributed by atoms with Gasteiger partial charge in [0, 0.05) is 0 Å². The van der Waals surface area contributed by atoms with E-state index in [4.69, 9.17) is 0 Å². The molecule has 0 radical (unpaired) electrons. The number of hydrogen-bond donors (Lipinski definition) is 1.